The lowest BCUT2D eigenvalue weighted by Gasteiger charge is -2.25. The Bertz CT molecular complexity index is 162. The third kappa shape index (κ3) is 5.53. The van der Waals surface area contributed by atoms with Gasteiger partial charge in [0.25, 0.3) is 0 Å². The first kappa shape index (κ1) is 13.0. The second-order valence-electron chi connectivity index (χ2n) is 5.47. The Morgan fingerprint density at radius 1 is 1.40 bits per heavy atom. The van der Waals surface area contributed by atoms with Gasteiger partial charge in [0.15, 0.2) is 0 Å². The Labute approximate surface area is 94.8 Å². The second-order valence-corrected chi connectivity index (χ2v) is 5.47. The van der Waals surface area contributed by atoms with Gasteiger partial charge < -0.3 is 10.1 Å². The number of ether oxygens (including phenoxy) is 1. The lowest BCUT2D eigenvalue weighted by Crippen LogP contribution is -2.29. The molecule has 1 saturated heterocycles. The Kier molecular flexibility index (Phi) is 5.62. The van der Waals surface area contributed by atoms with Gasteiger partial charge >= 0.3 is 0 Å². The quantitative estimate of drug-likeness (QED) is 0.702. The predicted molar refractivity (Wildman–Crippen MR) is 65.1 cm³/mol. The molecular weight excluding hydrogens is 186 g/mol. The van der Waals surface area contributed by atoms with Crippen LogP contribution < -0.4 is 5.32 Å². The molecule has 90 valence electrons. The molecule has 1 N–H and O–H groups in total. The molecule has 1 aliphatic rings. The molecule has 0 aliphatic carbocycles. The fraction of sp³-hybridized carbons (Fsp3) is 1.00. The van der Waals surface area contributed by atoms with Crippen molar-refractivity contribution in [1.82, 2.24) is 5.32 Å². The van der Waals surface area contributed by atoms with Crippen LogP contribution in [0.3, 0.4) is 0 Å². The number of nitrogens with one attached hydrogen (secondary N) is 1. The van der Waals surface area contributed by atoms with Crippen molar-refractivity contribution in [1.29, 1.82) is 0 Å². The minimum absolute atomic E-state index is 0.439. The molecule has 1 aliphatic heterocycles. The molecular formula is C13H27NO. The van der Waals surface area contributed by atoms with Crippen LogP contribution in [-0.4, -0.2) is 25.8 Å². The highest BCUT2D eigenvalue weighted by molar-refractivity contribution is 4.73. The molecule has 1 fully saturated rings. The van der Waals surface area contributed by atoms with Gasteiger partial charge in [0.05, 0.1) is 6.10 Å². The lowest BCUT2D eigenvalue weighted by atomic mass is 9.86. The highest BCUT2D eigenvalue weighted by Gasteiger charge is 2.19. The summed E-state index contributed by atoms with van der Waals surface area (Å²) in [6.07, 6.45) is 7.00. The highest BCUT2D eigenvalue weighted by atomic mass is 16.5. The standard InChI is InChI=1S/C13H27NO/c1-4-14-11-13(2,3)9-5-7-12-8-6-10-15-12/h12,14H,4-11H2,1-3H3. The molecule has 1 rings (SSSR count). The average Bonchev–Trinajstić information content (AvgIpc) is 2.67. The van der Waals surface area contributed by atoms with Crippen molar-refractivity contribution in [2.45, 2.75) is 59.0 Å². The summed E-state index contributed by atoms with van der Waals surface area (Å²) in [6.45, 7) is 10.1. The summed E-state index contributed by atoms with van der Waals surface area (Å²) in [5, 5.41) is 3.44. The third-order valence-electron chi connectivity index (χ3n) is 3.26. The van der Waals surface area contributed by atoms with Crippen LogP contribution >= 0.6 is 0 Å². The van der Waals surface area contributed by atoms with Gasteiger partial charge in [-0.25, -0.2) is 0 Å². The minimum Gasteiger partial charge on any atom is -0.378 e. The van der Waals surface area contributed by atoms with E-state index in [1.807, 2.05) is 0 Å². The zero-order valence-corrected chi connectivity index (χ0v) is 10.6. The van der Waals surface area contributed by atoms with Crippen LogP contribution in [0.4, 0.5) is 0 Å². The average molecular weight is 213 g/mol. The molecule has 0 amide bonds. The molecule has 0 aromatic heterocycles. The van der Waals surface area contributed by atoms with Crippen molar-refractivity contribution in [2.24, 2.45) is 5.41 Å². The summed E-state index contributed by atoms with van der Waals surface area (Å²) in [4.78, 5) is 0. The topological polar surface area (TPSA) is 21.3 Å². The van der Waals surface area contributed by atoms with E-state index in [0.717, 1.165) is 19.7 Å². The van der Waals surface area contributed by atoms with E-state index in [9.17, 15) is 0 Å². The van der Waals surface area contributed by atoms with Gasteiger partial charge in [0, 0.05) is 13.2 Å². The van der Waals surface area contributed by atoms with E-state index in [4.69, 9.17) is 4.74 Å². The van der Waals surface area contributed by atoms with Gasteiger partial charge in [0.1, 0.15) is 0 Å². The number of hydrogen-bond acceptors (Lipinski definition) is 2. The van der Waals surface area contributed by atoms with E-state index in [2.05, 4.69) is 26.1 Å². The zero-order chi connectivity index (χ0) is 11.1. The molecule has 0 aromatic rings. The molecule has 0 radical (unpaired) electrons. The first-order chi connectivity index (χ1) is 7.14. The van der Waals surface area contributed by atoms with Crippen molar-refractivity contribution in [3.8, 4) is 0 Å². The Morgan fingerprint density at radius 2 is 2.20 bits per heavy atom. The summed E-state index contributed by atoms with van der Waals surface area (Å²) < 4.78 is 5.63. The second kappa shape index (κ2) is 6.49. The van der Waals surface area contributed by atoms with Crippen molar-refractivity contribution >= 4 is 0 Å². The Hall–Kier alpha value is -0.0800. The van der Waals surface area contributed by atoms with E-state index >= 15 is 0 Å². The molecule has 0 aromatic carbocycles. The van der Waals surface area contributed by atoms with Crippen LogP contribution in [0.2, 0.25) is 0 Å². The lowest BCUT2D eigenvalue weighted by molar-refractivity contribution is 0.0987. The first-order valence-corrected chi connectivity index (χ1v) is 6.46. The third-order valence-corrected chi connectivity index (χ3v) is 3.26. The van der Waals surface area contributed by atoms with Gasteiger partial charge in [-0.3, -0.25) is 0 Å². The van der Waals surface area contributed by atoms with Gasteiger partial charge in [-0.05, 0) is 37.6 Å². The van der Waals surface area contributed by atoms with Crippen molar-refractivity contribution in [3.05, 3.63) is 0 Å². The maximum Gasteiger partial charge on any atom is 0.0576 e. The van der Waals surface area contributed by atoms with Crippen LogP contribution in [0.1, 0.15) is 52.9 Å². The maximum atomic E-state index is 5.63. The van der Waals surface area contributed by atoms with Crippen LogP contribution in [0.25, 0.3) is 0 Å². The zero-order valence-electron chi connectivity index (χ0n) is 10.6. The predicted octanol–water partition coefficient (Wildman–Crippen LogP) is 2.97. The van der Waals surface area contributed by atoms with Gasteiger partial charge in [-0.15, -0.1) is 0 Å². The largest absolute Gasteiger partial charge is 0.378 e. The van der Waals surface area contributed by atoms with Crippen molar-refractivity contribution in [2.75, 3.05) is 19.7 Å². The Balaban J connectivity index is 2.06. The van der Waals surface area contributed by atoms with Crippen molar-refractivity contribution < 1.29 is 4.74 Å². The summed E-state index contributed by atoms with van der Waals surface area (Å²) in [6, 6.07) is 0. The van der Waals surface area contributed by atoms with Gasteiger partial charge in [0.2, 0.25) is 0 Å². The summed E-state index contributed by atoms with van der Waals surface area (Å²) >= 11 is 0. The molecule has 15 heavy (non-hydrogen) atoms. The minimum atomic E-state index is 0.439. The van der Waals surface area contributed by atoms with E-state index in [-0.39, 0.29) is 0 Å². The Morgan fingerprint density at radius 3 is 2.80 bits per heavy atom. The van der Waals surface area contributed by atoms with Gasteiger partial charge in [-0.1, -0.05) is 27.2 Å². The normalized spacial score (nSPS) is 22.2. The van der Waals surface area contributed by atoms with Crippen LogP contribution in [0, 0.1) is 5.41 Å². The molecule has 0 spiro atoms. The van der Waals surface area contributed by atoms with Crippen molar-refractivity contribution in [3.63, 3.8) is 0 Å². The summed E-state index contributed by atoms with van der Waals surface area (Å²) in [5.41, 5.74) is 0.439. The molecule has 2 heteroatoms. The molecule has 1 heterocycles. The van der Waals surface area contributed by atoms with Gasteiger partial charge in [-0.2, -0.15) is 0 Å². The van der Waals surface area contributed by atoms with E-state index in [1.165, 1.54) is 32.1 Å². The summed E-state index contributed by atoms with van der Waals surface area (Å²) in [7, 11) is 0. The SMILES string of the molecule is CCNCC(C)(C)CCCC1CCCO1. The molecule has 1 unspecified atom stereocenters. The fourth-order valence-electron chi connectivity index (χ4n) is 2.23. The smallest absolute Gasteiger partial charge is 0.0576 e. The van der Waals surface area contributed by atoms with Crippen LogP contribution in [0.5, 0.6) is 0 Å². The van der Waals surface area contributed by atoms with E-state index < -0.39 is 0 Å². The number of hydrogen-bond donors (Lipinski definition) is 1. The molecule has 0 bridgehead atoms. The molecule has 2 nitrogen and oxygen atoms in total. The first-order valence-electron chi connectivity index (χ1n) is 6.46. The van der Waals surface area contributed by atoms with E-state index in [1.54, 1.807) is 0 Å². The van der Waals surface area contributed by atoms with Crippen LogP contribution in [-0.2, 0) is 4.74 Å². The number of rotatable bonds is 7. The maximum absolute atomic E-state index is 5.63. The fourth-order valence-corrected chi connectivity index (χ4v) is 2.23. The molecule has 0 saturated carbocycles. The highest BCUT2D eigenvalue weighted by Crippen LogP contribution is 2.25. The summed E-state index contributed by atoms with van der Waals surface area (Å²) in [5.74, 6) is 0. The van der Waals surface area contributed by atoms with Crippen LogP contribution in [0.15, 0.2) is 0 Å². The van der Waals surface area contributed by atoms with E-state index in [0.29, 0.717) is 11.5 Å². The monoisotopic (exact) mass is 213 g/mol. The molecule has 1 atom stereocenters.